The van der Waals surface area contributed by atoms with Gasteiger partial charge in [0.25, 0.3) is 0 Å². The normalized spacial score (nSPS) is 13.0. The van der Waals surface area contributed by atoms with Crippen LogP contribution < -0.4 is 5.32 Å². The van der Waals surface area contributed by atoms with E-state index in [0.29, 0.717) is 6.04 Å². The maximum Gasteiger partial charge on any atom is 0.0794 e. The van der Waals surface area contributed by atoms with E-state index in [-0.39, 0.29) is 0 Å². The van der Waals surface area contributed by atoms with E-state index < -0.39 is 0 Å². The zero-order valence-corrected chi connectivity index (χ0v) is 9.64. The SMILES string of the molecule is CCC(COC)NCCc1cscn1. The fraction of sp³-hybridized carbons (Fsp3) is 0.700. The lowest BCUT2D eigenvalue weighted by atomic mass is 10.2. The lowest BCUT2D eigenvalue weighted by Crippen LogP contribution is -2.34. The minimum absolute atomic E-state index is 0.471. The number of rotatable bonds is 7. The molecule has 0 spiro atoms. The molecule has 0 fully saturated rings. The van der Waals surface area contributed by atoms with Crippen LogP contribution >= 0.6 is 11.3 Å². The smallest absolute Gasteiger partial charge is 0.0794 e. The van der Waals surface area contributed by atoms with Gasteiger partial charge < -0.3 is 10.1 Å². The Morgan fingerprint density at radius 1 is 1.64 bits per heavy atom. The number of nitrogens with one attached hydrogen (secondary N) is 1. The third-order valence-electron chi connectivity index (χ3n) is 2.16. The summed E-state index contributed by atoms with van der Waals surface area (Å²) in [5.41, 5.74) is 3.05. The molecule has 0 bridgehead atoms. The molecule has 0 radical (unpaired) electrons. The molecule has 1 atom stereocenters. The summed E-state index contributed by atoms with van der Waals surface area (Å²) in [6, 6.07) is 0.471. The van der Waals surface area contributed by atoms with Crippen molar-refractivity contribution < 1.29 is 4.74 Å². The summed E-state index contributed by atoms with van der Waals surface area (Å²) in [6.07, 6.45) is 2.11. The molecular formula is C10H18N2OS. The predicted octanol–water partition coefficient (Wildman–Crippen LogP) is 1.70. The van der Waals surface area contributed by atoms with Crippen molar-refractivity contribution in [1.29, 1.82) is 0 Å². The highest BCUT2D eigenvalue weighted by Crippen LogP contribution is 2.01. The molecule has 0 aliphatic carbocycles. The van der Waals surface area contributed by atoms with E-state index >= 15 is 0 Å². The van der Waals surface area contributed by atoms with Gasteiger partial charge >= 0.3 is 0 Å². The largest absolute Gasteiger partial charge is 0.383 e. The van der Waals surface area contributed by atoms with E-state index in [0.717, 1.165) is 26.0 Å². The second-order valence-electron chi connectivity index (χ2n) is 3.24. The Hall–Kier alpha value is -0.450. The van der Waals surface area contributed by atoms with Crippen LogP contribution in [0.1, 0.15) is 19.0 Å². The predicted molar refractivity (Wildman–Crippen MR) is 59.8 cm³/mol. The maximum absolute atomic E-state index is 5.11. The van der Waals surface area contributed by atoms with Crippen molar-refractivity contribution >= 4 is 11.3 Å². The van der Waals surface area contributed by atoms with E-state index in [9.17, 15) is 0 Å². The van der Waals surface area contributed by atoms with Gasteiger partial charge in [-0.05, 0) is 6.42 Å². The summed E-state index contributed by atoms with van der Waals surface area (Å²) in [5.74, 6) is 0. The Kier molecular flexibility index (Phi) is 5.75. The molecule has 1 aromatic heterocycles. The highest BCUT2D eigenvalue weighted by atomic mass is 32.1. The van der Waals surface area contributed by atoms with Crippen LogP contribution in [0.4, 0.5) is 0 Å². The second-order valence-corrected chi connectivity index (χ2v) is 3.96. The zero-order chi connectivity index (χ0) is 10.2. The molecule has 1 unspecified atom stereocenters. The summed E-state index contributed by atoms with van der Waals surface area (Å²) in [6.45, 7) is 3.93. The van der Waals surface area contributed by atoms with Crippen molar-refractivity contribution in [3.05, 3.63) is 16.6 Å². The summed E-state index contributed by atoms with van der Waals surface area (Å²) in [7, 11) is 1.74. The minimum atomic E-state index is 0.471. The van der Waals surface area contributed by atoms with Crippen LogP contribution in [0.3, 0.4) is 0 Å². The Morgan fingerprint density at radius 3 is 3.07 bits per heavy atom. The van der Waals surface area contributed by atoms with E-state index in [1.165, 1.54) is 5.69 Å². The van der Waals surface area contributed by atoms with Gasteiger partial charge in [-0.2, -0.15) is 0 Å². The van der Waals surface area contributed by atoms with Crippen LogP contribution in [0.25, 0.3) is 0 Å². The topological polar surface area (TPSA) is 34.1 Å². The number of ether oxygens (including phenoxy) is 1. The van der Waals surface area contributed by atoms with E-state index in [2.05, 4.69) is 22.6 Å². The Labute approximate surface area is 89.5 Å². The fourth-order valence-corrected chi connectivity index (χ4v) is 1.88. The minimum Gasteiger partial charge on any atom is -0.383 e. The standard InChI is InChI=1S/C10H18N2OS/c1-3-9(6-13-2)11-5-4-10-7-14-8-12-10/h7-9,11H,3-6H2,1-2H3. The first-order valence-corrected chi connectivity index (χ1v) is 5.90. The van der Waals surface area contributed by atoms with Gasteiger partial charge in [0.1, 0.15) is 0 Å². The summed E-state index contributed by atoms with van der Waals surface area (Å²) in [5, 5.41) is 5.54. The molecule has 1 heterocycles. The number of aromatic nitrogens is 1. The molecule has 0 aliphatic heterocycles. The molecule has 0 aliphatic rings. The zero-order valence-electron chi connectivity index (χ0n) is 8.82. The highest BCUT2D eigenvalue weighted by molar-refractivity contribution is 7.07. The van der Waals surface area contributed by atoms with Crippen LogP contribution in [0.5, 0.6) is 0 Å². The average molecular weight is 214 g/mol. The molecule has 0 saturated heterocycles. The third-order valence-corrected chi connectivity index (χ3v) is 2.79. The molecule has 0 amide bonds. The van der Waals surface area contributed by atoms with Gasteiger partial charge in [-0.3, -0.25) is 0 Å². The molecule has 0 saturated carbocycles. The Bertz CT molecular complexity index is 226. The third kappa shape index (κ3) is 4.17. The van der Waals surface area contributed by atoms with E-state index in [1.807, 2.05) is 5.51 Å². The van der Waals surface area contributed by atoms with Gasteiger partial charge in [-0.1, -0.05) is 6.92 Å². The summed E-state index contributed by atoms with van der Waals surface area (Å²) < 4.78 is 5.11. The van der Waals surface area contributed by atoms with Gasteiger partial charge in [-0.25, -0.2) is 4.98 Å². The van der Waals surface area contributed by atoms with Crippen LogP contribution in [-0.4, -0.2) is 31.3 Å². The van der Waals surface area contributed by atoms with E-state index in [1.54, 1.807) is 18.4 Å². The fourth-order valence-electron chi connectivity index (χ4n) is 1.29. The van der Waals surface area contributed by atoms with Gasteiger partial charge in [-0.15, -0.1) is 11.3 Å². The number of hydrogen-bond acceptors (Lipinski definition) is 4. The quantitative estimate of drug-likeness (QED) is 0.750. The Morgan fingerprint density at radius 2 is 2.50 bits per heavy atom. The van der Waals surface area contributed by atoms with E-state index in [4.69, 9.17) is 4.74 Å². The Balaban J connectivity index is 2.13. The number of thiazole rings is 1. The first kappa shape index (κ1) is 11.6. The van der Waals surface area contributed by atoms with Crippen LogP contribution in [-0.2, 0) is 11.2 Å². The van der Waals surface area contributed by atoms with Crippen molar-refractivity contribution in [3.8, 4) is 0 Å². The first-order chi connectivity index (χ1) is 6.86. The van der Waals surface area contributed by atoms with Gasteiger partial charge in [0.2, 0.25) is 0 Å². The van der Waals surface area contributed by atoms with Crippen molar-refractivity contribution in [1.82, 2.24) is 10.3 Å². The molecule has 80 valence electrons. The highest BCUT2D eigenvalue weighted by Gasteiger charge is 2.04. The van der Waals surface area contributed by atoms with Gasteiger partial charge in [0.05, 0.1) is 17.8 Å². The van der Waals surface area contributed by atoms with Crippen LogP contribution in [0.15, 0.2) is 10.9 Å². The molecule has 0 aromatic carbocycles. The molecule has 1 aromatic rings. The maximum atomic E-state index is 5.11. The lowest BCUT2D eigenvalue weighted by molar-refractivity contribution is 0.164. The molecule has 4 heteroatoms. The average Bonchev–Trinajstić information content (AvgIpc) is 2.69. The van der Waals surface area contributed by atoms with Crippen molar-refractivity contribution in [2.75, 3.05) is 20.3 Å². The molecule has 14 heavy (non-hydrogen) atoms. The molecular weight excluding hydrogens is 196 g/mol. The number of nitrogens with zero attached hydrogens (tertiary/aromatic N) is 1. The first-order valence-electron chi connectivity index (χ1n) is 4.96. The lowest BCUT2D eigenvalue weighted by Gasteiger charge is -2.15. The van der Waals surface area contributed by atoms with Crippen LogP contribution in [0.2, 0.25) is 0 Å². The molecule has 3 nitrogen and oxygen atoms in total. The van der Waals surface area contributed by atoms with Crippen molar-refractivity contribution in [3.63, 3.8) is 0 Å². The number of methoxy groups -OCH3 is 1. The van der Waals surface area contributed by atoms with Crippen molar-refractivity contribution in [2.45, 2.75) is 25.8 Å². The molecule has 1 rings (SSSR count). The monoisotopic (exact) mass is 214 g/mol. The summed E-state index contributed by atoms with van der Waals surface area (Å²) >= 11 is 1.65. The second kappa shape index (κ2) is 6.92. The van der Waals surface area contributed by atoms with Crippen LogP contribution in [0, 0.1) is 0 Å². The molecule has 1 N–H and O–H groups in total. The van der Waals surface area contributed by atoms with Gasteiger partial charge in [0, 0.05) is 31.5 Å². The van der Waals surface area contributed by atoms with Gasteiger partial charge in [0.15, 0.2) is 0 Å². The number of hydrogen-bond donors (Lipinski definition) is 1. The summed E-state index contributed by atoms with van der Waals surface area (Å²) in [4.78, 5) is 4.23. The van der Waals surface area contributed by atoms with Crippen molar-refractivity contribution in [2.24, 2.45) is 0 Å².